The smallest absolute Gasteiger partial charge is 0.255 e. The number of rotatable bonds is 3. The van der Waals surface area contributed by atoms with Gasteiger partial charge in [0.1, 0.15) is 28.6 Å². The van der Waals surface area contributed by atoms with E-state index < -0.39 is 75.5 Å². The molecule has 0 saturated heterocycles. The zero-order valence-corrected chi connectivity index (χ0v) is 20.9. The van der Waals surface area contributed by atoms with Crippen LogP contribution < -0.4 is 5.73 Å². The first-order valence-corrected chi connectivity index (χ1v) is 12.0. The summed E-state index contributed by atoms with van der Waals surface area (Å²) in [6.07, 6.45) is -0.337. The van der Waals surface area contributed by atoms with E-state index in [0.29, 0.717) is 0 Å². The van der Waals surface area contributed by atoms with E-state index in [0.717, 1.165) is 0 Å². The minimum Gasteiger partial charge on any atom is -0.508 e. The Kier molecular flexibility index (Phi) is 5.91. The monoisotopic (exact) mass is 534 g/mol. The molecule has 5 atom stereocenters. The largest absolute Gasteiger partial charge is 0.508 e. The maximum atomic E-state index is 14.1. The number of aliphatic hydroxyl groups excluding tert-OH is 3. The van der Waals surface area contributed by atoms with E-state index >= 15 is 0 Å². The molecule has 1 saturated carbocycles. The summed E-state index contributed by atoms with van der Waals surface area (Å²) in [6.45, 7) is 0. The van der Waals surface area contributed by atoms with E-state index in [-0.39, 0.29) is 28.0 Å². The number of primary amides is 1. The highest BCUT2D eigenvalue weighted by molar-refractivity contribution is 6.25. The summed E-state index contributed by atoms with van der Waals surface area (Å²) >= 11 is 0. The number of nitrogens with zero attached hydrogens (tertiary/aromatic N) is 1. The summed E-state index contributed by atoms with van der Waals surface area (Å²) in [6, 6.07) is 9.02. The molecular formula is C28H26N2O9. The number of Topliss-reactive ketones (excluding diaryl/α,β-unsaturated/α-hetero) is 2. The predicted molar refractivity (Wildman–Crippen MR) is 138 cm³/mol. The molecule has 0 radical (unpaired) electrons. The summed E-state index contributed by atoms with van der Waals surface area (Å²) < 4.78 is 0. The molecule has 39 heavy (non-hydrogen) atoms. The van der Waals surface area contributed by atoms with Crippen LogP contribution in [-0.2, 0) is 14.4 Å². The first-order valence-electron chi connectivity index (χ1n) is 12.0. The number of carbonyl (C=O) groups is 3. The lowest BCUT2D eigenvalue weighted by Gasteiger charge is -2.53. The first kappa shape index (κ1) is 26.2. The number of nitrogens with two attached hydrogens (primary N) is 1. The van der Waals surface area contributed by atoms with Crippen molar-refractivity contribution in [3.63, 3.8) is 0 Å². The third-order valence-electron chi connectivity index (χ3n) is 7.78. The van der Waals surface area contributed by atoms with Crippen molar-refractivity contribution in [3.8, 4) is 11.5 Å². The van der Waals surface area contributed by atoms with Gasteiger partial charge in [-0.05, 0) is 43.4 Å². The van der Waals surface area contributed by atoms with E-state index in [1.54, 1.807) is 18.2 Å². The summed E-state index contributed by atoms with van der Waals surface area (Å²) in [5, 5.41) is 67.0. The second-order valence-corrected chi connectivity index (χ2v) is 10.1. The van der Waals surface area contributed by atoms with Crippen LogP contribution in [0.5, 0.6) is 11.5 Å². The topological polar surface area (TPSA) is 202 Å². The van der Waals surface area contributed by atoms with E-state index in [1.807, 2.05) is 0 Å². The molecule has 11 heteroatoms. The first-order chi connectivity index (χ1) is 18.3. The van der Waals surface area contributed by atoms with Gasteiger partial charge in [-0.1, -0.05) is 30.3 Å². The van der Waals surface area contributed by atoms with E-state index in [4.69, 9.17) is 5.73 Å². The molecule has 11 nitrogen and oxygen atoms in total. The number of phenolic OH excluding ortho intramolecular Hbond substituents is 2. The quantitative estimate of drug-likeness (QED) is 0.274. The van der Waals surface area contributed by atoms with Gasteiger partial charge in [0, 0.05) is 11.5 Å². The van der Waals surface area contributed by atoms with Crippen molar-refractivity contribution in [3.05, 3.63) is 76.1 Å². The van der Waals surface area contributed by atoms with Gasteiger partial charge in [-0.15, -0.1) is 0 Å². The van der Waals surface area contributed by atoms with E-state index in [9.17, 15) is 45.0 Å². The number of carbonyl (C=O) groups excluding carboxylic acids is 3. The number of hydrogen-bond acceptors (Lipinski definition) is 10. The van der Waals surface area contributed by atoms with Crippen LogP contribution in [0.4, 0.5) is 0 Å². The fourth-order valence-corrected chi connectivity index (χ4v) is 6.09. The fourth-order valence-electron chi connectivity index (χ4n) is 6.09. The van der Waals surface area contributed by atoms with Crippen LogP contribution in [0.3, 0.4) is 0 Å². The van der Waals surface area contributed by atoms with Gasteiger partial charge in [-0.25, -0.2) is 0 Å². The van der Waals surface area contributed by atoms with Crippen LogP contribution in [0, 0.1) is 11.8 Å². The molecule has 5 unspecified atom stereocenters. The third kappa shape index (κ3) is 3.44. The van der Waals surface area contributed by atoms with Gasteiger partial charge in [0.25, 0.3) is 5.91 Å². The Morgan fingerprint density at radius 3 is 2.26 bits per heavy atom. The summed E-state index contributed by atoms with van der Waals surface area (Å²) in [5.41, 5.74) is 1.28. The lowest BCUT2D eigenvalue weighted by molar-refractivity contribution is -0.166. The highest BCUT2D eigenvalue weighted by Gasteiger charge is 2.68. The molecule has 0 spiro atoms. The Morgan fingerprint density at radius 1 is 1.00 bits per heavy atom. The average molecular weight is 535 g/mol. The molecule has 0 aliphatic heterocycles. The summed E-state index contributed by atoms with van der Waals surface area (Å²) in [7, 11) is 2.86. The number of para-hydroxylation sites is 1. The Labute approximate surface area is 222 Å². The minimum absolute atomic E-state index is 0.133. The molecule has 2 aromatic carbocycles. The van der Waals surface area contributed by atoms with Gasteiger partial charge >= 0.3 is 0 Å². The Bertz CT molecular complexity index is 1550. The van der Waals surface area contributed by atoms with E-state index in [2.05, 4.69) is 0 Å². The van der Waals surface area contributed by atoms with Crippen LogP contribution in [0.25, 0.3) is 17.4 Å². The van der Waals surface area contributed by atoms with Gasteiger partial charge < -0.3 is 36.4 Å². The molecular weight excluding hydrogens is 508 g/mol. The Balaban J connectivity index is 1.88. The molecule has 3 aliphatic carbocycles. The molecule has 0 bridgehead atoms. The maximum Gasteiger partial charge on any atom is 0.255 e. The van der Waals surface area contributed by atoms with Crippen LogP contribution in [0.1, 0.15) is 16.7 Å². The highest BCUT2D eigenvalue weighted by atomic mass is 16.4. The number of ketones is 2. The van der Waals surface area contributed by atoms with Crippen molar-refractivity contribution in [1.82, 2.24) is 4.90 Å². The molecule has 0 heterocycles. The Hall–Kier alpha value is -4.45. The van der Waals surface area contributed by atoms with Crippen LogP contribution in [0.15, 0.2) is 59.4 Å². The standard InChI is InChI=1S/C28H26N2O9/c1-30(2)21-20-23(34)17-13(10-11-6-3-4-8-14(11)31)12-7-5-9-15(32)16(12)22(33)18(17)25(36)28(20,39)26(37)19(24(21)35)27(29)38/h3-10,17,20-21,23,31-34,37,39H,1-2H3,(H2,29,38)/b13-10+. The Morgan fingerprint density at radius 2 is 1.64 bits per heavy atom. The average Bonchev–Trinajstić information content (AvgIpc) is 2.86. The number of hydrogen-bond donors (Lipinski definition) is 7. The van der Waals surface area contributed by atoms with Gasteiger partial charge in [-0.3, -0.25) is 19.3 Å². The van der Waals surface area contributed by atoms with Crippen molar-refractivity contribution < 1.29 is 45.0 Å². The molecule has 3 aliphatic rings. The minimum atomic E-state index is -3.02. The van der Waals surface area contributed by atoms with Crippen LogP contribution >= 0.6 is 0 Å². The van der Waals surface area contributed by atoms with Gasteiger partial charge in [-0.2, -0.15) is 0 Å². The van der Waals surface area contributed by atoms with Crippen LogP contribution in [-0.4, -0.2) is 84.9 Å². The summed E-state index contributed by atoms with van der Waals surface area (Å²) in [5.74, 6) is -9.38. The molecule has 1 amide bonds. The molecule has 2 aromatic rings. The molecule has 202 valence electrons. The number of benzene rings is 2. The number of aromatic hydroxyl groups is 2. The predicted octanol–water partition coefficient (Wildman–Crippen LogP) is 0.639. The molecule has 0 aromatic heterocycles. The molecule has 5 rings (SSSR count). The van der Waals surface area contributed by atoms with Gasteiger partial charge in [0.2, 0.25) is 5.78 Å². The van der Waals surface area contributed by atoms with Crippen molar-refractivity contribution >= 4 is 34.9 Å². The number of aliphatic hydroxyl groups is 4. The zero-order chi connectivity index (χ0) is 28.5. The van der Waals surface area contributed by atoms with Crippen LogP contribution in [0.2, 0.25) is 0 Å². The normalized spacial score (nSPS) is 29.4. The zero-order valence-electron chi connectivity index (χ0n) is 20.9. The number of phenols is 2. The lowest BCUT2D eigenvalue weighted by atomic mass is 9.55. The fraction of sp³-hybridized carbons (Fsp3) is 0.250. The second kappa shape index (κ2) is 8.80. The summed E-state index contributed by atoms with van der Waals surface area (Å²) in [4.78, 5) is 40.8. The van der Waals surface area contributed by atoms with Crippen molar-refractivity contribution in [1.29, 1.82) is 0 Å². The number of likely N-dealkylation sites (N-methyl/N-ethyl adjacent to an activating group) is 1. The third-order valence-corrected chi connectivity index (χ3v) is 7.78. The SMILES string of the molecule is CN(C)C1C(=O)C(C(N)=O)=C(O)C2(O)C(=O)C3=C(O)c4c(O)cccc4/C(=C\c4ccccc4O)C3C(O)C12. The van der Waals surface area contributed by atoms with Crippen molar-refractivity contribution in [2.75, 3.05) is 14.1 Å². The lowest BCUT2D eigenvalue weighted by Crippen LogP contribution is -2.70. The van der Waals surface area contributed by atoms with Crippen molar-refractivity contribution in [2.24, 2.45) is 17.6 Å². The molecule has 1 fully saturated rings. The highest BCUT2D eigenvalue weighted by Crippen LogP contribution is 2.56. The maximum absolute atomic E-state index is 14.1. The number of amides is 1. The van der Waals surface area contributed by atoms with Gasteiger partial charge in [0.15, 0.2) is 11.4 Å². The number of fused-ring (bicyclic) bond motifs is 3. The van der Waals surface area contributed by atoms with Crippen molar-refractivity contribution in [2.45, 2.75) is 17.7 Å². The van der Waals surface area contributed by atoms with Gasteiger partial charge in [0.05, 0.1) is 29.2 Å². The van der Waals surface area contributed by atoms with E-state index in [1.165, 1.54) is 49.3 Å². The molecule has 8 N–H and O–H groups in total. The second-order valence-electron chi connectivity index (χ2n) is 10.1.